The van der Waals surface area contributed by atoms with Crippen molar-refractivity contribution in [3.05, 3.63) is 33.6 Å². The van der Waals surface area contributed by atoms with Crippen LogP contribution in [0.5, 0.6) is 0 Å². The van der Waals surface area contributed by atoms with Gasteiger partial charge in [0, 0.05) is 18.2 Å². The van der Waals surface area contributed by atoms with Crippen molar-refractivity contribution in [3.8, 4) is 0 Å². The van der Waals surface area contributed by atoms with Gasteiger partial charge in [-0.1, -0.05) is 20.8 Å². The van der Waals surface area contributed by atoms with E-state index in [9.17, 15) is 24.4 Å². The van der Waals surface area contributed by atoms with Crippen LogP contribution in [0.15, 0.2) is 12.1 Å². The van der Waals surface area contributed by atoms with Gasteiger partial charge in [-0.05, 0) is 30.6 Å². The van der Waals surface area contributed by atoms with E-state index in [0.29, 0.717) is 5.92 Å². The molecule has 0 saturated heterocycles. The van der Waals surface area contributed by atoms with Crippen molar-refractivity contribution in [2.24, 2.45) is 11.3 Å². The van der Waals surface area contributed by atoms with E-state index in [1.807, 2.05) is 0 Å². The Bertz CT molecular complexity index is 645. The van der Waals surface area contributed by atoms with Crippen LogP contribution >= 0.6 is 0 Å². The summed E-state index contributed by atoms with van der Waals surface area (Å²) >= 11 is 0. The zero-order chi connectivity index (χ0) is 17.4. The van der Waals surface area contributed by atoms with E-state index in [-0.39, 0.29) is 22.7 Å². The lowest BCUT2D eigenvalue weighted by Gasteiger charge is -2.39. The van der Waals surface area contributed by atoms with Crippen LogP contribution in [-0.4, -0.2) is 22.0 Å². The quantitative estimate of drug-likeness (QED) is 0.643. The molecule has 1 aliphatic rings. The third-order valence-electron chi connectivity index (χ3n) is 4.26. The lowest BCUT2D eigenvalue weighted by molar-refractivity contribution is -0.387. The van der Waals surface area contributed by atoms with E-state index in [0.717, 1.165) is 31.4 Å². The number of nitrogens with one attached hydrogen (secondary N) is 1. The number of anilines is 1. The van der Waals surface area contributed by atoms with Crippen molar-refractivity contribution in [2.75, 3.05) is 5.32 Å². The molecular formula is C16H21FN2O4. The molecule has 126 valence electrons. The Balaban J connectivity index is 2.34. The molecule has 1 fully saturated rings. The lowest BCUT2D eigenvalue weighted by atomic mass is 9.70. The zero-order valence-corrected chi connectivity index (χ0v) is 13.4. The van der Waals surface area contributed by atoms with Crippen molar-refractivity contribution in [3.63, 3.8) is 0 Å². The summed E-state index contributed by atoms with van der Waals surface area (Å²) in [6.45, 7) is 6.42. The van der Waals surface area contributed by atoms with Gasteiger partial charge in [0.25, 0.3) is 0 Å². The number of halogens is 1. The van der Waals surface area contributed by atoms with Gasteiger partial charge in [0.15, 0.2) is 0 Å². The number of nitro groups is 1. The van der Waals surface area contributed by atoms with Crippen molar-refractivity contribution in [1.82, 2.24) is 0 Å². The molecule has 0 amide bonds. The zero-order valence-electron chi connectivity index (χ0n) is 13.4. The first-order valence-electron chi connectivity index (χ1n) is 7.57. The molecule has 2 N–H and O–H groups in total. The van der Waals surface area contributed by atoms with Crippen LogP contribution in [0.4, 0.5) is 15.8 Å². The number of hydrogen-bond donors (Lipinski definition) is 2. The number of benzene rings is 1. The number of carboxylic acids is 1. The van der Waals surface area contributed by atoms with Crippen molar-refractivity contribution < 1.29 is 19.2 Å². The van der Waals surface area contributed by atoms with E-state index in [4.69, 9.17) is 0 Å². The number of carbonyl (C=O) groups is 1. The highest BCUT2D eigenvalue weighted by Crippen LogP contribution is 2.40. The minimum Gasteiger partial charge on any atom is -0.478 e. The maximum Gasteiger partial charge on any atom is 0.338 e. The second-order valence-electron chi connectivity index (χ2n) is 7.17. The normalized spacial score (nSPS) is 23.3. The number of rotatable bonds is 4. The summed E-state index contributed by atoms with van der Waals surface area (Å²) in [5.41, 5.74) is -0.909. The van der Waals surface area contributed by atoms with Gasteiger partial charge >= 0.3 is 11.7 Å². The fourth-order valence-corrected chi connectivity index (χ4v) is 3.67. The van der Waals surface area contributed by atoms with Crippen LogP contribution in [0.1, 0.15) is 50.4 Å². The molecule has 0 unspecified atom stereocenters. The predicted octanol–water partition coefficient (Wildman–Crippen LogP) is 4.06. The van der Waals surface area contributed by atoms with Crippen molar-refractivity contribution >= 4 is 17.3 Å². The van der Waals surface area contributed by atoms with Crippen molar-refractivity contribution in [2.45, 2.75) is 46.1 Å². The number of nitrogens with zero attached hydrogens (tertiary/aromatic N) is 1. The molecule has 0 aromatic heterocycles. The topological polar surface area (TPSA) is 92.5 Å². The average molecular weight is 324 g/mol. The second-order valence-corrected chi connectivity index (χ2v) is 7.17. The molecule has 2 rings (SSSR count). The Morgan fingerprint density at radius 3 is 2.61 bits per heavy atom. The van der Waals surface area contributed by atoms with Crippen LogP contribution in [0.25, 0.3) is 0 Å². The molecule has 1 aromatic rings. The van der Waals surface area contributed by atoms with Crippen molar-refractivity contribution in [1.29, 1.82) is 0 Å². The molecule has 1 saturated carbocycles. The van der Waals surface area contributed by atoms with Crippen LogP contribution in [0.2, 0.25) is 0 Å². The molecule has 6 nitrogen and oxygen atoms in total. The molecular weight excluding hydrogens is 303 g/mol. The Morgan fingerprint density at radius 1 is 1.43 bits per heavy atom. The molecule has 23 heavy (non-hydrogen) atoms. The first-order valence-corrected chi connectivity index (χ1v) is 7.57. The Hall–Kier alpha value is -2.18. The summed E-state index contributed by atoms with van der Waals surface area (Å²) in [7, 11) is 0. The maximum atomic E-state index is 13.9. The summed E-state index contributed by atoms with van der Waals surface area (Å²) < 4.78 is 13.9. The van der Waals surface area contributed by atoms with Crippen LogP contribution in [-0.2, 0) is 0 Å². The standard InChI is InChI=1S/C16H21FN2O4/c1-9-4-10(8-16(2,3)7-9)18-13-6-12(17)14(19(22)23)5-11(13)15(20)21/h5-6,9-10,18H,4,7-8H2,1-3H3,(H,20,21)/t9-,10+/m1/s1. The minimum atomic E-state index is -1.32. The van der Waals surface area contributed by atoms with Gasteiger partial charge in [-0.2, -0.15) is 4.39 Å². The average Bonchev–Trinajstić information content (AvgIpc) is 2.35. The van der Waals surface area contributed by atoms with Crippen LogP contribution < -0.4 is 5.32 Å². The molecule has 7 heteroatoms. The molecule has 0 spiro atoms. The predicted molar refractivity (Wildman–Crippen MR) is 84.2 cm³/mol. The Labute approximate surface area is 133 Å². The van der Waals surface area contributed by atoms with Gasteiger partial charge in [-0.15, -0.1) is 0 Å². The van der Waals surface area contributed by atoms with Gasteiger partial charge in [-0.3, -0.25) is 10.1 Å². The molecule has 2 atom stereocenters. The summed E-state index contributed by atoms with van der Waals surface area (Å²) in [4.78, 5) is 21.2. The first-order chi connectivity index (χ1) is 10.6. The molecule has 0 heterocycles. The van der Waals surface area contributed by atoms with E-state index in [2.05, 4.69) is 26.1 Å². The first kappa shape index (κ1) is 17.2. The van der Waals surface area contributed by atoms with E-state index >= 15 is 0 Å². The van der Waals surface area contributed by atoms with Gasteiger partial charge in [-0.25, -0.2) is 4.79 Å². The minimum absolute atomic E-state index is 0.00714. The second kappa shape index (κ2) is 6.14. The molecule has 1 aromatic carbocycles. The number of nitro benzene ring substituents is 1. The van der Waals surface area contributed by atoms with Crippen LogP contribution in [0.3, 0.4) is 0 Å². The molecule has 0 bridgehead atoms. The summed E-state index contributed by atoms with van der Waals surface area (Å²) in [5, 5.41) is 23.1. The monoisotopic (exact) mass is 324 g/mol. The van der Waals surface area contributed by atoms with Gasteiger partial charge < -0.3 is 10.4 Å². The third kappa shape index (κ3) is 3.97. The number of carboxylic acid groups (broad SMARTS) is 1. The lowest BCUT2D eigenvalue weighted by Crippen LogP contribution is -2.35. The molecule has 1 aliphatic carbocycles. The molecule has 0 aliphatic heterocycles. The fraction of sp³-hybridized carbons (Fsp3) is 0.562. The van der Waals surface area contributed by atoms with E-state index < -0.39 is 22.4 Å². The highest BCUT2D eigenvalue weighted by Gasteiger charge is 2.33. The van der Waals surface area contributed by atoms with E-state index in [1.54, 1.807) is 0 Å². The number of aromatic carboxylic acids is 1. The Morgan fingerprint density at radius 2 is 2.09 bits per heavy atom. The molecule has 0 radical (unpaired) electrons. The fourth-order valence-electron chi connectivity index (χ4n) is 3.67. The highest BCUT2D eigenvalue weighted by molar-refractivity contribution is 5.95. The SMILES string of the molecule is C[C@@H]1C[C@H](Nc2cc(F)c([N+](=O)[O-])cc2C(=O)O)CC(C)(C)C1. The summed E-state index contributed by atoms with van der Waals surface area (Å²) in [6.07, 6.45) is 2.75. The van der Waals surface area contributed by atoms with Crippen LogP contribution in [0, 0.1) is 27.3 Å². The Kier molecular flexibility index (Phi) is 4.58. The van der Waals surface area contributed by atoms with Gasteiger partial charge in [0.2, 0.25) is 5.82 Å². The third-order valence-corrected chi connectivity index (χ3v) is 4.26. The highest BCUT2D eigenvalue weighted by atomic mass is 19.1. The maximum absolute atomic E-state index is 13.9. The number of hydrogen-bond acceptors (Lipinski definition) is 4. The summed E-state index contributed by atoms with van der Waals surface area (Å²) in [5.74, 6) is -1.89. The van der Waals surface area contributed by atoms with Gasteiger partial charge in [0.1, 0.15) is 0 Å². The van der Waals surface area contributed by atoms with Gasteiger partial charge in [0.05, 0.1) is 16.2 Å². The summed E-state index contributed by atoms with van der Waals surface area (Å²) in [6, 6.07) is 1.69. The smallest absolute Gasteiger partial charge is 0.338 e. The van der Waals surface area contributed by atoms with E-state index in [1.165, 1.54) is 0 Å². The largest absolute Gasteiger partial charge is 0.478 e.